The van der Waals surface area contributed by atoms with Gasteiger partial charge in [-0.2, -0.15) is 0 Å². The lowest BCUT2D eigenvalue weighted by molar-refractivity contribution is 0.783. The molecule has 1 heteroatoms. The fraction of sp³-hybridized carbons (Fsp3) is 0.444. The molecule has 0 bridgehead atoms. The van der Waals surface area contributed by atoms with Crippen LogP contribution in [0.25, 0.3) is 0 Å². The number of allylic oxidation sites excluding steroid dienone is 13. The van der Waals surface area contributed by atoms with E-state index in [1.54, 1.807) is 0 Å². The van der Waals surface area contributed by atoms with Crippen molar-refractivity contribution in [2.75, 3.05) is 6.54 Å². The summed E-state index contributed by atoms with van der Waals surface area (Å²) in [5, 5.41) is 0. The van der Waals surface area contributed by atoms with Crippen molar-refractivity contribution >= 4 is 5.71 Å². The first-order valence-electron chi connectivity index (χ1n) is 10.7. The van der Waals surface area contributed by atoms with E-state index >= 15 is 0 Å². The van der Waals surface area contributed by atoms with Crippen molar-refractivity contribution in [2.24, 2.45) is 16.8 Å². The van der Waals surface area contributed by atoms with Crippen LogP contribution in [0.1, 0.15) is 60.3 Å². The number of nitrogens with zero attached hydrogens (tertiary/aromatic N) is 1. The first-order valence-corrected chi connectivity index (χ1v) is 10.7. The smallest absolute Gasteiger partial charge is 0.0640 e. The molecule has 2 atom stereocenters. The molecule has 0 aromatic carbocycles. The number of hydrogen-bond donors (Lipinski definition) is 0. The van der Waals surface area contributed by atoms with Gasteiger partial charge in [-0.1, -0.05) is 99.1 Å². The first-order chi connectivity index (χ1) is 13.5. The molecule has 0 saturated heterocycles. The molecule has 0 saturated carbocycles. The zero-order valence-electron chi connectivity index (χ0n) is 18.6. The molecule has 28 heavy (non-hydrogen) atoms. The highest BCUT2D eigenvalue weighted by Crippen LogP contribution is 2.20. The molecular weight excluding hydrogens is 338 g/mol. The summed E-state index contributed by atoms with van der Waals surface area (Å²) in [5.74, 6) is 0.831. The van der Waals surface area contributed by atoms with Gasteiger partial charge in [0, 0.05) is 6.54 Å². The summed E-state index contributed by atoms with van der Waals surface area (Å²) in [5.41, 5.74) is 4.84. The predicted molar refractivity (Wildman–Crippen MR) is 128 cm³/mol. The molecule has 0 aromatic rings. The summed E-state index contributed by atoms with van der Waals surface area (Å²) in [7, 11) is 0. The molecule has 2 unspecified atom stereocenters. The van der Waals surface area contributed by atoms with Crippen molar-refractivity contribution < 1.29 is 0 Å². The molecule has 0 spiro atoms. The van der Waals surface area contributed by atoms with E-state index in [0.717, 1.165) is 30.7 Å². The molecule has 0 N–H and O–H groups in total. The summed E-state index contributed by atoms with van der Waals surface area (Å²) in [6.07, 6.45) is 26.9. The molecule has 0 aromatic heterocycles. The van der Waals surface area contributed by atoms with Crippen molar-refractivity contribution in [1.82, 2.24) is 0 Å². The van der Waals surface area contributed by atoms with Crippen molar-refractivity contribution in [1.29, 1.82) is 0 Å². The maximum absolute atomic E-state index is 4.80. The number of hydrogen-bond acceptors (Lipinski definition) is 1. The lowest BCUT2D eigenvalue weighted by Crippen LogP contribution is -2.02. The van der Waals surface area contributed by atoms with Gasteiger partial charge < -0.3 is 0 Å². The summed E-state index contributed by atoms with van der Waals surface area (Å²) < 4.78 is 0. The van der Waals surface area contributed by atoms with E-state index in [4.69, 9.17) is 4.99 Å². The van der Waals surface area contributed by atoms with Crippen LogP contribution in [0.3, 0.4) is 0 Å². The second-order valence-electron chi connectivity index (χ2n) is 7.71. The zero-order valence-corrected chi connectivity index (χ0v) is 18.6. The van der Waals surface area contributed by atoms with Crippen molar-refractivity contribution in [2.45, 2.75) is 60.3 Å². The van der Waals surface area contributed by atoms with Crippen LogP contribution in [0.4, 0.5) is 0 Å². The van der Waals surface area contributed by atoms with Crippen LogP contribution in [-0.4, -0.2) is 12.3 Å². The van der Waals surface area contributed by atoms with E-state index in [2.05, 4.69) is 95.0 Å². The van der Waals surface area contributed by atoms with E-state index in [1.807, 2.05) is 6.92 Å². The third kappa shape index (κ3) is 10.3. The van der Waals surface area contributed by atoms with Crippen LogP contribution in [0.5, 0.6) is 0 Å². The Morgan fingerprint density at radius 2 is 2.00 bits per heavy atom. The Kier molecular flexibility index (Phi) is 11.9. The highest BCUT2D eigenvalue weighted by Gasteiger charge is 2.07. The van der Waals surface area contributed by atoms with Crippen molar-refractivity contribution in [3.63, 3.8) is 0 Å². The SMILES string of the molecule is C=C(C)/C=C\C(C)/C=C\C(=C/CCCC)C(/C=C\C1C=CC=C(C)C1)=NCC. The zero-order chi connectivity index (χ0) is 20.8. The molecule has 0 aliphatic heterocycles. The Balaban J connectivity index is 3.01. The van der Waals surface area contributed by atoms with Gasteiger partial charge in [-0.25, -0.2) is 0 Å². The van der Waals surface area contributed by atoms with E-state index in [0.29, 0.717) is 11.8 Å². The summed E-state index contributed by atoms with van der Waals surface area (Å²) in [6, 6.07) is 0. The summed E-state index contributed by atoms with van der Waals surface area (Å²) >= 11 is 0. The highest BCUT2D eigenvalue weighted by molar-refractivity contribution is 6.10. The molecule has 1 nitrogen and oxygen atoms in total. The van der Waals surface area contributed by atoms with Crippen LogP contribution >= 0.6 is 0 Å². The molecule has 1 aliphatic rings. The third-order valence-corrected chi connectivity index (χ3v) is 4.61. The third-order valence-electron chi connectivity index (χ3n) is 4.61. The minimum absolute atomic E-state index is 0.368. The molecule has 152 valence electrons. The molecule has 0 fully saturated rings. The molecule has 0 radical (unpaired) electrons. The summed E-state index contributed by atoms with van der Waals surface area (Å²) in [6.45, 7) is 15.5. The van der Waals surface area contributed by atoms with Crippen LogP contribution in [0.2, 0.25) is 0 Å². The molecule has 0 amide bonds. The monoisotopic (exact) mass is 377 g/mol. The molecule has 1 aliphatic carbocycles. The van der Waals surface area contributed by atoms with Gasteiger partial charge in [0.2, 0.25) is 0 Å². The Morgan fingerprint density at radius 3 is 2.64 bits per heavy atom. The Morgan fingerprint density at radius 1 is 1.25 bits per heavy atom. The topological polar surface area (TPSA) is 12.4 Å². The van der Waals surface area contributed by atoms with E-state index in [1.165, 1.54) is 24.0 Å². The fourth-order valence-electron chi connectivity index (χ4n) is 2.98. The van der Waals surface area contributed by atoms with Crippen LogP contribution < -0.4 is 0 Å². The van der Waals surface area contributed by atoms with Gasteiger partial charge in [-0.15, -0.1) is 0 Å². The second-order valence-corrected chi connectivity index (χ2v) is 7.71. The Bertz CT molecular complexity index is 692. The van der Waals surface area contributed by atoms with Gasteiger partial charge in [0.25, 0.3) is 0 Å². The van der Waals surface area contributed by atoms with Crippen LogP contribution in [0, 0.1) is 11.8 Å². The highest BCUT2D eigenvalue weighted by atomic mass is 14.7. The van der Waals surface area contributed by atoms with Crippen molar-refractivity contribution in [3.05, 3.63) is 84.1 Å². The van der Waals surface area contributed by atoms with Crippen LogP contribution in [0.15, 0.2) is 89.1 Å². The molecule has 1 rings (SSSR count). The van der Waals surface area contributed by atoms with E-state index < -0.39 is 0 Å². The van der Waals surface area contributed by atoms with Gasteiger partial charge >= 0.3 is 0 Å². The molecule has 0 heterocycles. The minimum Gasteiger partial charge on any atom is -0.285 e. The largest absolute Gasteiger partial charge is 0.285 e. The van der Waals surface area contributed by atoms with E-state index in [-0.39, 0.29) is 0 Å². The van der Waals surface area contributed by atoms with E-state index in [9.17, 15) is 0 Å². The summed E-state index contributed by atoms with van der Waals surface area (Å²) in [4.78, 5) is 4.80. The second kappa shape index (κ2) is 13.9. The lowest BCUT2D eigenvalue weighted by Gasteiger charge is -2.12. The quantitative estimate of drug-likeness (QED) is 0.197. The number of unbranched alkanes of at least 4 members (excludes halogenated alkanes) is 2. The van der Waals surface area contributed by atoms with Gasteiger partial charge in [0.1, 0.15) is 0 Å². The van der Waals surface area contributed by atoms with Gasteiger partial charge in [-0.3, -0.25) is 4.99 Å². The van der Waals surface area contributed by atoms with Crippen molar-refractivity contribution in [3.8, 4) is 0 Å². The number of aliphatic imine (C=N–C) groups is 1. The Labute approximate surface area is 173 Å². The van der Waals surface area contributed by atoms with Gasteiger partial charge in [0.05, 0.1) is 5.71 Å². The first kappa shape index (κ1) is 23.9. The Hall–Kier alpha value is -2.15. The standard InChI is InChI=1S/C27H39N/c1-7-9-10-14-26(19-17-23(5)16-15-22(3)4)27(28-8-2)20-18-25-13-11-12-24(6)21-25/h11-20,23,25H,3,7-10,21H2,1-2,4-6H3/b16-15-,19-17-,20-18-,26-14+,28-27?. The van der Waals surface area contributed by atoms with Crippen LogP contribution in [-0.2, 0) is 0 Å². The average molecular weight is 378 g/mol. The van der Waals surface area contributed by atoms with Gasteiger partial charge in [-0.05, 0) is 57.1 Å². The average Bonchev–Trinajstić information content (AvgIpc) is 2.66. The lowest BCUT2D eigenvalue weighted by atomic mass is 9.94. The fourth-order valence-corrected chi connectivity index (χ4v) is 2.98. The normalized spacial score (nSPS) is 19.8. The van der Waals surface area contributed by atoms with Gasteiger partial charge in [0.15, 0.2) is 0 Å². The minimum atomic E-state index is 0.368. The predicted octanol–water partition coefficient (Wildman–Crippen LogP) is 7.97. The maximum atomic E-state index is 4.80. The molecular formula is C27H39N. The number of rotatable bonds is 11. The maximum Gasteiger partial charge on any atom is 0.0640 e.